The minimum Gasteiger partial charge on any atom is -0.371 e. The molecule has 0 aliphatic carbocycles. The van der Waals surface area contributed by atoms with Crippen molar-refractivity contribution in [2.75, 3.05) is 18.0 Å². The first kappa shape index (κ1) is 22.2. The fourth-order valence-corrected chi connectivity index (χ4v) is 4.50. The van der Waals surface area contributed by atoms with Crippen molar-refractivity contribution in [2.24, 2.45) is 5.92 Å². The summed E-state index contributed by atoms with van der Waals surface area (Å²) in [4.78, 5) is 30.7. The van der Waals surface area contributed by atoms with Crippen molar-refractivity contribution >= 4 is 29.4 Å². The third kappa shape index (κ3) is 5.05. The van der Waals surface area contributed by atoms with Crippen LogP contribution < -0.4 is 4.90 Å². The highest BCUT2D eigenvalue weighted by molar-refractivity contribution is 6.35. The van der Waals surface area contributed by atoms with Crippen molar-refractivity contribution in [1.82, 2.24) is 4.98 Å². The zero-order valence-electron chi connectivity index (χ0n) is 17.6. The van der Waals surface area contributed by atoms with Crippen molar-refractivity contribution in [3.63, 3.8) is 0 Å². The molecule has 0 bridgehead atoms. The number of hydrogen-bond acceptors (Lipinski definition) is 4. The largest absolute Gasteiger partial charge is 0.371 e. The summed E-state index contributed by atoms with van der Waals surface area (Å²) in [5.74, 6) is 0.0238. The number of hydrogen-bond donors (Lipinski definition) is 0. The van der Waals surface area contributed by atoms with Gasteiger partial charge in [-0.05, 0) is 73.2 Å². The van der Waals surface area contributed by atoms with Crippen LogP contribution in [0.25, 0.3) is 0 Å². The minimum atomic E-state index is -0.319. The minimum absolute atomic E-state index is 0.152. The second kappa shape index (κ2) is 10.0. The average Bonchev–Trinajstić information content (AvgIpc) is 3.27. The molecule has 1 fully saturated rings. The van der Waals surface area contributed by atoms with Crippen LogP contribution in [0.2, 0.25) is 5.02 Å². The fourth-order valence-electron chi connectivity index (χ4n) is 4.28. The lowest BCUT2D eigenvalue weighted by atomic mass is 9.98. The van der Waals surface area contributed by atoms with E-state index in [-0.39, 0.29) is 18.0 Å². The third-order valence-electron chi connectivity index (χ3n) is 5.99. The summed E-state index contributed by atoms with van der Waals surface area (Å²) in [5.41, 5.74) is 3.72. The van der Waals surface area contributed by atoms with Gasteiger partial charge in [0.15, 0.2) is 5.78 Å². The zero-order valence-corrected chi connectivity index (χ0v) is 18.4. The molecule has 2 aromatic carbocycles. The van der Waals surface area contributed by atoms with Crippen LogP contribution in [-0.2, 0) is 17.6 Å². The molecule has 0 radical (unpaired) electrons. The summed E-state index contributed by atoms with van der Waals surface area (Å²) < 4.78 is 13.0. The molecular weight excluding hydrogens is 427 g/mol. The molecule has 1 aliphatic rings. The molecule has 0 N–H and O–H groups in total. The Kier molecular flexibility index (Phi) is 6.96. The fraction of sp³-hybridized carbons (Fsp3) is 0.269. The lowest BCUT2D eigenvalue weighted by Crippen LogP contribution is -2.21. The van der Waals surface area contributed by atoms with Gasteiger partial charge in [-0.15, -0.1) is 0 Å². The van der Waals surface area contributed by atoms with E-state index in [2.05, 4.69) is 9.88 Å². The number of rotatable bonds is 8. The molecule has 0 amide bonds. The number of carbonyl (C=O) groups is 2. The van der Waals surface area contributed by atoms with Gasteiger partial charge in [-0.2, -0.15) is 0 Å². The van der Waals surface area contributed by atoms with Gasteiger partial charge < -0.3 is 9.69 Å². The molecule has 0 spiro atoms. The Labute approximate surface area is 192 Å². The van der Waals surface area contributed by atoms with E-state index in [1.807, 2.05) is 18.2 Å². The van der Waals surface area contributed by atoms with E-state index < -0.39 is 0 Å². The van der Waals surface area contributed by atoms with Gasteiger partial charge in [-0.25, -0.2) is 4.39 Å². The number of halogens is 2. The molecule has 4 nitrogen and oxygen atoms in total. The SMILES string of the molecule is O=CCc1cc(C(=O)c2ccccc2Cl)ccc1N1CC[C@H](CCc2ccc(F)cn2)C1. The van der Waals surface area contributed by atoms with Crippen molar-refractivity contribution < 1.29 is 14.0 Å². The second-order valence-corrected chi connectivity index (χ2v) is 8.54. The standard InChI is InChI=1S/C26H24ClFN2O2/c27-24-4-2-1-3-23(24)26(32)20-6-10-25(19(15-20)12-14-31)30-13-11-18(17-30)5-8-22-9-7-21(28)16-29-22/h1-4,6-7,9-10,14-16,18H,5,8,11-13,17H2/t18-/m0/s1. The number of pyridine rings is 1. The molecule has 4 rings (SSSR count). The monoisotopic (exact) mass is 450 g/mol. The predicted octanol–water partition coefficient (Wildman–Crippen LogP) is 5.31. The number of aldehydes is 1. The first-order chi connectivity index (χ1) is 15.5. The number of ketones is 1. The van der Waals surface area contributed by atoms with Crippen LogP contribution >= 0.6 is 11.6 Å². The first-order valence-corrected chi connectivity index (χ1v) is 11.1. The summed E-state index contributed by atoms with van der Waals surface area (Å²) in [6.45, 7) is 1.77. The summed E-state index contributed by atoms with van der Waals surface area (Å²) in [6.07, 6.45) is 5.21. The van der Waals surface area contributed by atoms with Gasteiger partial charge in [-0.3, -0.25) is 9.78 Å². The number of carbonyl (C=O) groups excluding carboxylic acids is 2. The topological polar surface area (TPSA) is 50.3 Å². The predicted molar refractivity (Wildman–Crippen MR) is 124 cm³/mol. The second-order valence-electron chi connectivity index (χ2n) is 8.13. The maximum atomic E-state index is 13.0. The van der Waals surface area contributed by atoms with E-state index in [9.17, 15) is 14.0 Å². The Bertz CT molecular complexity index is 1120. The molecular formula is C26H24ClFN2O2. The van der Waals surface area contributed by atoms with Crippen LogP contribution in [0.1, 0.15) is 40.0 Å². The number of nitrogens with zero attached hydrogens (tertiary/aromatic N) is 2. The lowest BCUT2D eigenvalue weighted by Gasteiger charge is -2.22. The van der Waals surface area contributed by atoms with Crippen LogP contribution in [0.3, 0.4) is 0 Å². The van der Waals surface area contributed by atoms with E-state index in [1.54, 1.807) is 30.3 Å². The molecule has 2 heterocycles. The van der Waals surface area contributed by atoms with Crippen LogP contribution in [-0.4, -0.2) is 30.1 Å². The highest BCUT2D eigenvalue weighted by Crippen LogP contribution is 2.31. The van der Waals surface area contributed by atoms with Gasteiger partial charge in [0, 0.05) is 42.0 Å². The van der Waals surface area contributed by atoms with E-state index in [1.165, 1.54) is 12.3 Å². The van der Waals surface area contributed by atoms with Gasteiger partial charge in [0.05, 0.1) is 11.2 Å². The van der Waals surface area contributed by atoms with Crippen molar-refractivity contribution in [3.8, 4) is 0 Å². The molecule has 1 aliphatic heterocycles. The van der Waals surface area contributed by atoms with E-state index >= 15 is 0 Å². The molecule has 6 heteroatoms. The van der Waals surface area contributed by atoms with Crippen molar-refractivity contribution in [3.05, 3.63) is 94.0 Å². The van der Waals surface area contributed by atoms with E-state index in [0.29, 0.717) is 22.1 Å². The van der Waals surface area contributed by atoms with Crippen molar-refractivity contribution in [1.29, 1.82) is 0 Å². The highest BCUT2D eigenvalue weighted by Gasteiger charge is 2.25. The summed E-state index contributed by atoms with van der Waals surface area (Å²) >= 11 is 6.19. The average molecular weight is 451 g/mol. The van der Waals surface area contributed by atoms with Crippen LogP contribution in [0.15, 0.2) is 60.8 Å². The summed E-state index contributed by atoms with van der Waals surface area (Å²) in [5, 5.41) is 0.413. The van der Waals surface area contributed by atoms with E-state index in [0.717, 1.165) is 55.6 Å². The Morgan fingerprint density at radius 2 is 2.03 bits per heavy atom. The number of aromatic nitrogens is 1. The molecule has 164 valence electrons. The summed E-state index contributed by atoms with van der Waals surface area (Å²) in [6, 6.07) is 15.7. The molecule has 0 saturated carbocycles. The lowest BCUT2D eigenvalue weighted by molar-refractivity contribution is -0.107. The number of anilines is 1. The van der Waals surface area contributed by atoms with Gasteiger partial charge >= 0.3 is 0 Å². The van der Waals surface area contributed by atoms with Crippen LogP contribution in [0.4, 0.5) is 10.1 Å². The van der Waals surface area contributed by atoms with Gasteiger partial charge in [0.1, 0.15) is 12.1 Å². The first-order valence-electron chi connectivity index (χ1n) is 10.8. The number of aryl methyl sites for hydroxylation is 1. The number of benzene rings is 2. The quantitative estimate of drug-likeness (QED) is 0.345. The molecule has 1 saturated heterocycles. The van der Waals surface area contributed by atoms with Crippen LogP contribution in [0, 0.1) is 11.7 Å². The smallest absolute Gasteiger partial charge is 0.194 e. The highest BCUT2D eigenvalue weighted by atomic mass is 35.5. The Morgan fingerprint density at radius 1 is 1.19 bits per heavy atom. The van der Waals surface area contributed by atoms with Crippen LogP contribution in [0.5, 0.6) is 0 Å². The molecule has 1 atom stereocenters. The Balaban J connectivity index is 1.47. The molecule has 1 aromatic heterocycles. The molecule has 32 heavy (non-hydrogen) atoms. The molecule has 3 aromatic rings. The summed E-state index contributed by atoms with van der Waals surface area (Å²) in [7, 11) is 0. The normalized spacial score (nSPS) is 15.7. The third-order valence-corrected chi connectivity index (χ3v) is 6.32. The maximum Gasteiger partial charge on any atom is 0.194 e. The van der Waals surface area contributed by atoms with Gasteiger partial charge in [0.25, 0.3) is 0 Å². The van der Waals surface area contributed by atoms with Gasteiger partial charge in [0.2, 0.25) is 0 Å². The zero-order chi connectivity index (χ0) is 22.5. The Morgan fingerprint density at radius 3 is 2.78 bits per heavy atom. The molecule has 0 unspecified atom stereocenters. The Hall–Kier alpha value is -3.05. The maximum absolute atomic E-state index is 13.0. The van der Waals surface area contributed by atoms with Gasteiger partial charge in [-0.1, -0.05) is 23.7 Å². The van der Waals surface area contributed by atoms with Crippen molar-refractivity contribution in [2.45, 2.75) is 25.7 Å². The van der Waals surface area contributed by atoms with E-state index in [4.69, 9.17) is 11.6 Å².